The first-order chi connectivity index (χ1) is 7.74. The van der Waals surface area contributed by atoms with Gasteiger partial charge in [-0.05, 0) is 29.7 Å². The van der Waals surface area contributed by atoms with Crippen LogP contribution in [0.15, 0.2) is 42.5 Å². The SMILES string of the molecule is Cc1cccc(-c2ccccc2Cl)c1CBr. The van der Waals surface area contributed by atoms with E-state index >= 15 is 0 Å². The average Bonchev–Trinajstić information content (AvgIpc) is 2.29. The van der Waals surface area contributed by atoms with Crippen LogP contribution in [-0.2, 0) is 5.33 Å². The zero-order valence-corrected chi connectivity index (χ0v) is 11.3. The molecule has 2 aromatic rings. The third kappa shape index (κ3) is 2.16. The van der Waals surface area contributed by atoms with E-state index in [-0.39, 0.29) is 0 Å². The molecule has 0 heterocycles. The molecule has 0 unspecified atom stereocenters. The number of alkyl halides is 1. The lowest BCUT2D eigenvalue weighted by Crippen LogP contribution is -1.90. The van der Waals surface area contributed by atoms with Gasteiger partial charge in [-0.25, -0.2) is 0 Å². The second kappa shape index (κ2) is 5.03. The Morgan fingerprint density at radius 1 is 1.00 bits per heavy atom. The largest absolute Gasteiger partial charge is 0.0876 e. The second-order valence-corrected chi connectivity index (χ2v) is 4.68. The lowest BCUT2D eigenvalue weighted by Gasteiger charge is -2.11. The maximum absolute atomic E-state index is 6.22. The predicted molar refractivity (Wildman–Crippen MR) is 74.3 cm³/mol. The fourth-order valence-corrected chi connectivity index (χ4v) is 2.79. The highest BCUT2D eigenvalue weighted by atomic mass is 79.9. The van der Waals surface area contributed by atoms with Crippen molar-refractivity contribution in [2.24, 2.45) is 0 Å². The summed E-state index contributed by atoms with van der Waals surface area (Å²) in [6.45, 7) is 2.12. The Morgan fingerprint density at radius 3 is 2.38 bits per heavy atom. The minimum absolute atomic E-state index is 0.801. The molecule has 0 atom stereocenters. The zero-order chi connectivity index (χ0) is 11.5. The molecule has 0 nitrogen and oxygen atoms in total. The van der Waals surface area contributed by atoms with Gasteiger partial charge in [-0.2, -0.15) is 0 Å². The Bertz CT molecular complexity index is 506. The first-order valence-electron chi connectivity index (χ1n) is 5.13. The molecule has 82 valence electrons. The molecule has 0 saturated heterocycles. The van der Waals surface area contributed by atoms with Gasteiger partial charge in [-0.1, -0.05) is 63.9 Å². The summed E-state index contributed by atoms with van der Waals surface area (Å²) in [5, 5.41) is 1.65. The summed E-state index contributed by atoms with van der Waals surface area (Å²) in [6.07, 6.45) is 0. The van der Waals surface area contributed by atoms with Crippen molar-refractivity contribution >= 4 is 27.5 Å². The molecule has 0 saturated carbocycles. The van der Waals surface area contributed by atoms with Gasteiger partial charge in [0.15, 0.2) is 0 Å². The van der Waals surface area contributed by atoms with Crippen molar-refractivity contribution in [3.8, 4) is 11.1 Å². The van der Waals surface area contributed by atoms with Crippen LogP contribution in [0.2, 0.25) is 5.02 Å². The van der Waals surface area contributed by atoms with E-state index in [1.807, 2.05) is 18.2 Å². The summed E-state index contributed by atoms with van der Waals surface area (Å²) < 4.78 is 0. The lowest BCUT2D eigenvalue weighted by atomic mass is 9.97. The van der Waals surface area contributed by atoms with Crippen molar-refractivity contribution in [2.45, 2.75) is 12.3 Å². The van der Waals surface area contributed by atoms with Crippen molar-refractivity contribution in [1.82, 2.24) is 0 Å². The van der Waals surface area contributed by atoms with Crippen molar-refractivity contribution in [3.63, 3.8) is 0 Å². The molecule has 2 heteroatoms. The van der Waals surface area contributed by atoms with E-state index in [4.69, 9.17) is 11.6 Å². The molecule has 0 radical (unpaired) electrons. The number of aryl methyl sites for hydroxylation is 1. The first-order valence-corrected chi connectivity index (χ1v) is 6.63. The quantitative estimate of drug-likeness (QED) is 0.667. The van der Waals surface area contributed by atoms with Crippen molar-refractivity contribution in [2.75, 3.05) is 0 Å². The monoisotopic (exact) mass is 294 g/mol. The molecule has 0 aliphatic carbocycles. The molecule has 0 aromatic heterocycles. The summed E-state index contributed by atoms with van der Waals surface area (Å²) in [7, 11) is 0. The Hall–Kier alpha value is -0.790. The van der Waals surface area contributed by atoms with Crippen LogP contribution in [-0.4, -0.2) is 0 Å². The van der Waals surface area contributed by atoms with Crippen molar-refractivity contribution < 1.29 is 0 Å². The summed E-state index contributed by atoms with van der Waals surface area (Å²) in [5.41, 5.74) is 4.90. The molecule has 0 spiro atoms. The van der Waals surface area contributed by atoms with Crippen LogP contribution >= 0.6 is 27.5 Å². The van der Waals surface area contributed by atoms with E-state index in [0.717, 1.165) is 15.9 Å². The minimum Gasteiger partial charge on any atom is -0.0876 e. The van der Waals surface area contributed by atoms with Gasteiger partial charge in [0.25, 0.3) is 0 Å². The van der Waals surface area contributed by atoms with Crippen LogP contribution in [0.4, 0.5) is 0 Å². The highest BCUT2D eigenvalue weighted by molar-refractivity contribution is 9.08. The highest BCUT2D eigenvalue weighted by Crippen LogP contribution is 2.32. The summed E-state index contributed by atoms with van der Waals surface area (Å²) >= 11 is 9.76. The van der Waals surface area contributed by atoms with Crippen LogP contribution in [0.25, 0.3) is 11.1 Å². The zero-order valence-electron chi connectivity index (χ0n) is 9.00. The van der Waals surface area contributed by atoms with Gasteiger partial charge >= 0.3 is 0 Å². The summed E-state index contributed by atoms with van der Waals surface area (Å²) in [5.74, 6) is 0. The first kappa shape index (κ1) is 11.7. The van der Waals surface area contributed by atoms with Crippen molar-refractivity contribution in [1.29, 1.82) is 0 Å². The number of halogens is 2. The number of rotatable bonds is 2. The predicted octanol–water partition coefficient (Wildman–Crippen LogP) is 5.21. The highest BCUT2D eigenvalue weighted by Gasteiger charge is 2.08. The molecule has 0 aliphatic rings. The summed E-state index contributed by atoms with van der Waals surface area (Å²) in [4.78, 5) is 0. The molecule has 0 amide bonds. The van der Waals surface area contributed by atoms with E-state index in [1.165, 1.54) is 16.7 Å². The third-order valence-corrected chi connectivity index (χ3v) is 3.60. The third-order valence-electron chi connectivity index (χ3n) is 2.71. The molecular weight excluding hydrogens is 284 g/mol. The molecule has 2 rings (SSSR count). The normalized spacial score (nSPS) is 10.4. The second-order valence-electron chi connectivity index (χ2n) is 3.71. The standard InChI is InChI=1S/C14H12BrCl/c1-10-5-4-7-11(13(10)9-15)12-6-2-3-8-14(12)16/h2-8H,9H2,1H3. The van der Waals surface area contributed by atoms with Gasteiger partial charge in [0.2, 0.25) is 0 Å². The van der Waals surface area contributed by atoms with E-state index in [0.29, 0.717) is 0 Å². The minimum atomic E-state index is 0.801. The Kier molecular flexibility index (Phi) is 3.67. The van der Waals surface area contributed by atoms with Crippen LogP contribution in [0.5, 0.6) is 0 Å². The fraction of sp³-hybridized carbons (Fsp3) is 0.143. The molecular formula is C14H12BrCl. The summed E-state index contributed by atoms with van der Waals surface area (Å²) in [6, 6.07) is 14.3. The van der Waals surface area contributed by atoms with Gasteiger partial charge in [-0.15, -0.1) is 0 Å². The average molecular weight is 296 g/mol. The Labute approximate surface area is 109 Å². The number of hydrogen-bond acceptors (Lipinski definition) is 0. The van der Waals surface area contributed by atoms with Crippen LogP contribution in [0, 0.1) is 6.92 Å². The van der Waals surface area contributed by atoms with Gasteiger partial charge in [0, 0.05) is 15.9 Å². The van der Waals surface area contributed by atoms with Gasteiger partial charge in [0.1, 0.15) is 0 Å². The lowest BCUT2D eigenvalue weighted by molar-refractivity contribution is 1.32. The van der Waals surface area contributed by atoms with Crippen LogP contribution in [0.1, 0.15) is 11.1 Å². The molecule has 0 bridgehead atoms. The van der Waals surface area contributed by atoms with Crippen molar-refractivity contribution in [3.05, 3.63) is 58.6 Å². The van der Waals surface area contributed by atoms with E-state index in [2.05, 4.69) is 47.1 Å². The maximum atomic E-state index is 6.22. The van der Waals surface area contributed by atoms with E-state index in [1.54, 1.807) is 0 Å². The smallest absolute Gasteiger partial charge is 0.0484 e. The molecule has 16 heavy (non-hydrogen) atoms. The van der Waals surface area contributed by atoms with Crippen LogP contribution < -0.4 is 0 Å². The van der Waals surface area contributed by atoms with Gasteiger partial charge in [0.05, 0.1) is 0 Å². The Morgan fingerprint density at radius 2 is 1.69 bits per heavy atom. The fourth-order valence-electron chi connectivity index (χ4n) is 1.81. The maximum Gasteiger partial charge on any atom is 0.0484 e. The molecule has 2 aromatic carbocycles. The van der Waals surface area contributed by atoms with Gasteiger partial charge < -0.3 is 0 Å². The van der Waals surface area contributed by atoms with Gasteiger partial charge in [-0.3, -0.25) is 0 Å². The molecule has 0 aliphatic heterocycles. The van der Waals surface area contributed by atoms with Crippen LogP contribution in [0.3, 0.4) is 0 Å². The number of hydrogen-bond donors (Lipinski definition) is 0. The van der Waals surface area contributed by atoms with E-state index in [9.17, 15) is 0 Å². The Balaban J connectivity index is 2.65. The molecule has 0 N–H and O–H groups in total. The number of benzene rings is 2. The molecule has 0 fully saturated rings. The topological polar surface area (TPSA) is 0 Å². The van der Waals surface area contributed by atoms with E-state index < -0.39 is 0 Å².